The fraction of sp³-hybridized carbons (Fsp3) is 0.556. The zero-order chi connectivity index (χ0) is 9.97. The summed E-state index contributed by atoms with van der Waals surface area (Å²) in [6, 6.07) is 0. The first-order chi connectivity index (χ1) is 6.75. The Hall–Kier alpha value is -0.970. The summed E-state index contributed by atoms with van der Waals surface area (Å²) in [5, 5.41) is 0.213. The number of nitrogens with zero attached hydrogens (tertiary/aromatic N) is 3. The van der Waals surface area contributed by atoms with Crippen LogP contribution >= 0.6 is 12.6 Å². The van der Waals surface area contributed by atoms with Crippen LogP contribution in [0.3, 0.4) is 0 Å². The average molecular weight is 211 g/mol. The van der Waals surface area contributed by atoms with Crippen molar-refractivity contribution in [3.05, 3.63) is 18.7 Å². The van der Waals surface area contributed by atoms with Crippen molar-refractivity contribution in [2.75, 3.05) is 13.1 Å². The molecule has 0 N–H and O–H groups in total. The average Bonchev–Trinajstić information content (AvgIpc) is 2.72. The Kier molecular flexibility index (Phi) is 2.77. The lowest BCUT2D eigenvalue weighted by molar-refractivity contribution is -0.127. The summed E-state index contributed by atoms with van der Waals surface area (Å²) in [5.74, 6) is 0.213. The number of imidazole rings is 1. The van der Waals surface area contributed by atoms with Crippen LogP contribution < -0.4 is 0 Å². The van der Waals surface area contributed by atoms with Gasteiger partial charge in [-0.15, -0.1) is 0 Å². The molecule has 2 rings (SSSR count). The summed E-state index contributed by atoms with van der Waals surface area (Å²) in [6.07, 6.45) is 5.98. The van der Waals surface area contributed by atoms with E-state index in [-0.39, 0.29) is 11.2 Å². The second-order valence-electron chi connectivity index (χ2n) is 3.50. The summed E-state index contributed by atoms with van der Waals surface area (Å²) >= 11 is 4.30. The predicted octanol–water partition coefficient (Wildman–Crippen LogP) is 0.414. The van der Waals surface area contributed by atoms with Crippen LogP contribution in [0.25, 0.3) is 0 Å². The fourth-order valence-corrected chi connectivity index (χ4v) is 1.98. The highest BCUT2D eigenvalue weighted by atomic mass is 32.1. The van der Waals surface area contributed by atoms with Crippen molar-refractivity contribution in [2.45, 2.75) is 18.2 Å². The van der Waals surface area contributed by atoms with E-state index < -0.39 is 0 Å². The van der Waals surface area contributed by atoms with Gasteiger partial charge in [-0.05, 0) is 0 Å². The highest BCUT2D eigenvalue weighted by Crippen LogP contribution is 2.15. The van der Waals surface area contributed by atoms with Gasteiger partial charge in [0, 0.05) is 43.7 Å². The molecule has 5 heteroatoms. The normalized spacial score (nSPS) is 21.9. The van der Waals surface area contributed by atoms with Gasteiger partial charge < -0.3 is 9.47 Å². The highest BCUT2D eigenvalue weighted by molar-refractivity contribution is 7.81. The first kappa shape index (κ1) is 9.58. The third-order valence-electron chi connectivity index (χ3n) is 2.38. The Bertz CT molecular complexity index is 312. The Morgan fingerprint density at radius 1 is 1.57 bits per heavy atom. The molecular weight excluding hydrogens is 198 g/mol. The summed E-state index contributed by atoms with van der Waals surface area (Å²) in [5.41, 5.74) is 0. The Balaban J connectivity index is 1.84. The second-order valence-corrected chi connectivity index (χ2v) is 4.23. The Labute approximate surface area is 88.3 Å². The van der Waals surface area contributed by atoms with Crippen molar-refractivity contribution >= 4 is 18.5 Å². The molecule has 0 bridgehead atoms. The van der Waals surface area contributed by atoms with Gasteiger partial charge in [-0.1, -0.05) is 0 Å². The molecule has 0 radical (unpaired) electrons. The van der Waals surface area contributed by atoms with Gasteiger partial charge in [0.25, 0.3) is 0 Å². The molecule has 1 unspecified atom stereocenters. The summed E-state index contributed by atoms with van der Waals surface area (Å²) < 4.78 is 1.97. The molecule has 1 amide bonds. The maximum atomic E-state index is 11.4. The fourth-order valence-electron chi connectivity index (χ4n) is 1.62. The Morgan fingerprint density at radius 3 is 3.00 bits per heavy atom. The molecule has 1 atom stereocenters. The van der Waals surface area contributed by atoms with E-state index in [0.717, 1.165) is 19.6 Å². The molecule has 2 heterocycles. The van der Waals surface area contributed by atoms with Crippen molar-refractivity contribution in [1.29, 1.82) is 0 Å². The van der Waals surface area contributed by atoms with E-state index >= 15 is 0 Å². The van der Waals surface area contributed by atoms with Crippen LogP contribution in [0, 0.1) is 0 Å². The van der Waals surface area contributed by atoms with Gasteiger partial charge in [-0.25, -0.2) is 4.98 Å². The van der Waals surface area contributed by atoms with E-state index in [0.29, 0.717) is 6.42 Å². The lowest BCUT2D eigenvalue weighted by Gasteiger charge is -2.15. The van der Waals surface area contributed by atoms with E-state index in [1.54, 1.807) is 12.5 Å². The highest BCUT2D eigenvalue weighted by Gasteiger charge is 2.26. The SMILES string of the molecule is O=C1CC(S)CN1CCn1ccnc1. The van der Waals surface area contributed by atoms with Gasteiger partial charge in [0.05, 0.1) is 6.33 Å². The number of likely N-dealkylation sites (tertiary alicyclic amines) is 1. The first-order valence-electron chi connectivity index (χ1n) is 4.67. The van der Waals surface area contributed by atoms with Crippen LogP contribution in [0.5, 0.6) is 0 Å². The van der Waals surface area contributed by atoms with Crippen molar-refractivity contribution in [3.8, 4) is 0 Å². The molecule has 0 aromatic carbocycles. The maximum absolute atomic E-state index is 11.4. The number of carbonyl (C=O) groups excluding carboxylic acids is 1. The van der Waals surface area contributed by atoms with Gasteiger partial charge in [-0.2, -0.15) is 12.6 Å². The van der Waals surface area contributed by atoms with Gasteiger partial charge in [0.2, 0.25) is 5.91 Å². The van der Waals surface area contributed by atoms with Gasteiger partial charge in [-0.3, -0.25) is 4.79 Å². The minimum Gasteiger partial charge on any atom is -0.340 e. The predicted molar refractivity (Wildman–Crippen MR) is 56.2 cm³/mol. The van der Waals surface area contributed by atoms with E-state index in [1.807, 2.05) is 15.7 Å². The summed E-state index contributed by atoms with van der Waals surface area (Å²) in [6.45, 7) is 2.34. The zero-order valence-corrected chi connectivity index (χ0v) is 8.73. The number of amides is 1. The number of hydrogen-bond donors (Lipinski definition) is 1. The topological polar surface area (TPSA) is 38.1 Å². The van der Waals surface area contributed by atoms with Crippen molar-refractivity contribution < 1.29 is 4.79 Å². The van der Waals surface area contributed by atoms with E-state index in [4.69, 9.17) is 0 Å². The second kappa shape index (κ2) is 4.04. The van der Waals surface area contributed by atoms with Crippen LogP contribution in [-0.4, -0.2) is 38.7 Å². The van der Waals surface area contributed by atoms with Crippen molar-refractivity contribution in [3.63, 3.8) is 0 Å². The van der Waals surface area contributed by atoms with Gasteiger partial charge >= 0.3 is 0 Å². The summed E-state index contributed by atoms with van der Waals surface area (Å²) in [4.78, 5) is 17.2. The molecule has 1 aromatic heterocycles. The molecule has 1 aliphatic heterocycles. The molecule has 1 aliphatic rings. The van der Waals surface area contributed by atoms with Crippen LogP contribution in [0.2, 0.25) is 0 Å². The monoisotopic (exact) mass is 211 g/mol. The zero-order valence-electron chi connectivity index (χ0n) is 7.83. The minimum atomic E-state index is 0.213. The van der Waals surface area contributed by atoms with Crippen molar-refractivity contribution in [2.24, 2.45) is 0 Å². The van der Waals surface area contributed by atoms with Crippen LogP contribution in [0.15, 0.2) is 18.7 Å². The molecule has 76 valence electrons. The van der Waals surface area contributed by atoms with Crippen molar-refractivity contribution in [1.82, 2.24) is 14.5 Å². The largest absolute Gasteiger partial charge is 0.340 e. The standard InChI is InChI=1S/C9H13N3OS/c13-9-5-8(14)6-12(9)4-3-11-2-1-10-7-11/h1-2,7-8,14H,3-6H2. The molecule has 0 aliphatic carbocycles. The smallest absolute Gasteiger partial charge is 0.223 e. The van der Waals surface area contributed by atoms with Crippen LogP contribution in [-0.2, 0) is 11.3 Å². The van der Waals surface area contributed by atoms with Crippen LogP contribution in [0.1, 0.15) is 6.42 Å². The number of thiol groups is 1. The number of hydrogen-bond acceptors (Lipinski definition) is 3. The van der Waals surface area contributed by atoms with E-state index in [2.05, 4.69) is 17.6 Å². The molecule has 1 aromatic rings. The molecular formula is C9H13N3OS. The third kappa shape index (κ3) is 2.09. The first-order valence-corrected chi connectivity index (χ1v) is 5.19. The van der Waals surface area contributed by atoms with Gasteiger partial charge in [0.1, 0.15) is 0 Å². The molecule has 0 spiro atoms. The molecule has 4 nitrogen and oxygen atoms in total. The molecule has 14 heavy (non-hydrogen) atoms. The lowest BCUT2D eigenvalue weighted by Crippen LogP contribution is -2.28. The maximum Gasteiger partial charge on any atom is 0.223 e. The molecule has 1 saturated heterocycles. The number of rotatable bonds is 3. The quantitative estimate of drug-likeness (QED) is 0.736. The van der Waals surface area contributed by atoms with Crippen LogP contribution in [0.4, 0.5) is 0 Å². The summed E-state index contributed by atoms with van der Waals surface area (Å²) in [7, 11) is 0. The minimum absolute atomic E-state index is 0.213. The Morgan fingerprint density at radius 2 is 2.43 bits per heavy atom. The van der Waals surface area contributed by atoms with E-state index in [9.17, 15) is 4.79 Å². The lowest BCUT2D eigenvalue weighted by atomic mass is 10.4. The molecule has 0 saturated carbocycles. The molecule has 1 fully saturated rings. The van der Waals surface area contributed by atoms with Gasteiger partial charge in [0.15, 0.2) is 0 Å². The number of carbonyl (C=O) groups is 1. The van der Waals surface area contributed by atoms with E-state index in [1.165, 1.54) is 0 Å². The number of aromatic nitrogens is 2. The third-order valence-corrected chi connectivity index (χ3v) is 2.73.